The van der Waals surface area contributed by atoms with Crippen molar-refractivity contribution in [3.63, 3.8) is 0 Å². The third kappa shape index (κ3) is 2.34. The lowest BCUT2D eigenvalue weighted by Crippen LogP contribution is -2.35. The van der Waals surface area contributed by atoms with Crippen molar-refractivity contribution in [3.05, 3.63) is 34.9 Å². The Labute approximate surface area is 101 Å². The standard InChI is InChI=1S/C14H19F2N/c1-3-10-8-17-7-6-11(10)12-5-4-9(2)13(15)14(12)16/h4-5,10-11,17H,3,6-8H2,1-2H3. The van der Waals surface area contributed by atoms with Gasteiger partial charge >= 0.3 is 0 Å². The first kappa shape index (κ1) is 12.5. The van der Waals surface area contributed by atoms with E-state index in [1.165, 1.54) is 0 Å². The summed E-state index contributed by atoms with van der Waals surface area (Å²) < 4.78 is 27.5. The van der Waals surface area contributed by atoms with Crippen molar-refractivity contribution in [3.8, 4) is 0 Å². The summed E-state index contributed by atoms with van der Waals surface area (Å²) in [6.07, 6.45) is 1.88. The van der Waals surface area contributed by atoms with Gasteiger partial charge in [-0.05, 0) is 49.4 Å². The maximum Gasteiger partial charge on any atom is 0.162 e. The van der Waals surface area contributed by atoms with Gasteiger partial charge in [-0.1, -0.05) is 25.5 Å². The van der Waals surface area contributed by atoms with E-state index in [1.54, 1.807) is 19.1 Å². The summed E-state index contributed by atoms with van der Waals surface area (Å²) in [5.74, 6) is -0.775. The van der Waals surface area contributed by atoms with Crippen molar-refractivity contribution in [2.45, 2.75) is 32.6 Å². The molecule has 17 heavy (non-hydrogen) atoms. The lowest BCUT2D eigenvalue weighted by atomic mass is 9.79. The fraction of sp³-hybridized carbons (Fsp3) is 0.571. The van der Waals surface area contributed by atoms with Crippen LogP contribution in [-0.2, 0) is 0 Å². The largest absolute Gasteiger partial charge is 0.316 e. The van der Waals surface area contributed by atoms with Gasteiger partial charge in [-0.3, -0.25) is 0 Å². The molecule has 1 saturated heterocycles. The van der Waals surface area contributed by atoms with E-state index in [0.717, 1.165) is 25.9 Å². The molecule has 1 aliphatic rings. The molecule has 0 aliphatic carbocycles. The lowest BCUT2D eigenvalue weighted by molar-refractivity contribution is 0.308. The third-order valence-electron chi connectivity index (χ3n) is 3.84. The van der Waals surface area contributed by atoms with Crippen molar-refractivity contribution in [1.29, 1.82) is 0 Å². The highest BCUT2D eigenvalue weighted by Crippen LogP contribution is 2.34. The zero-order chi connectivity index (χ0) is 12.4. The Morgan fingerprint density at radius 3 is 2.76 bits per heavy atom. The molecule has 0 saturated carbocycles. The molecule has 0 radical (unpaired) electrons. The predicted octanol–water partition coefficient (Wildman–Crippen LogP) is 3.38. The molecule has 3 heteroatoms. The molecule has 2 rings (SSSR count). The Bertz CT molecular complexity index is 403. The number of halogens is 2. The Kier molecular flexibility index (Phi) is 3.77. The summed E-state index contributed by atoms with van der Waals surface area (Å²) in [4.78, 5) is 0. The molecule has 1 aliphatic heterocycles. The van der Waals surface area contributed by atoms with Crippen molar-refractivity contribution < 1.29 is 8.78 Å². The summed E-state index contributed by atoms with van der Waals surface area (Å²) >= 11 is 0. The third-order valence-corrected chi connectivity index (χ3v) is 3.84. The normalized spacial score (nSPS) is 24.9. The predicted molar refractivity (Wildman–Crippen MR) is 65.1 cm³/mol. The van der Waals surface area contributed by atoms with Crippen molar-refractivity contribution in [2.75, 3.05) is 13.1 Å². The Morgan fingerprint density at radius 2 is 2.06 bits per heavy atom. The second-order valence-electron chi connectivity index (χ2n) is 4.87. The molecule has 1 N–H and O–H groups in total. The molecule has 1 aromatic rings. The van der Waals surface area contributed by atoms with E-state index in [1.807, 2.05) is 0 Å². The van der Waals surface area contributed by atoms with E-state index in [9.17, 15) is 8.78 Å². The zero-order valence-electron chi connectivity index (χ0n) is 10.4. The van der Waals surface area contributed by atoms with E-state index >= 15 is 0 Å². The molecule has 2 atom stereocenters. The number of nitrogens with one attached hydrogen (secondary N) is 1. The molecule has 0 aromatic heterocycles. The van der Waals surface area contributed by atoms with Crippen LogP contribution in [0.5, 0.6) is 0 Å². The van der Waals surface area contributed by atoms with Crippen LogP contribution in [0.4, 0.5) is 8.78 Å². The molecule has 0 amide bonds. The van der Waals surface area contributed by atoms with E-state index in [0.29, 0.717) is 17.0 Å². The first-order valence-electron chi connectivity index (χ1n) is 6.30. The second kappa shape index (κ2) is 5.13. The summed E-state index contributed by atoms with van der Waals surface area (Å²) in [5, 5.41) is 3.31. The minimum Gasteiger partial charge on any atom is -0.316 e. The molecule has 0 bridgehead atoms. The van der Waals surface area contributed by atoms with Crippen LogP contribution < -0.4 is 5.32 Å². The SMILES string of the molecule is CCC1CNCCC1c1ccc(C)c(F)c1F. The monoisotopic (exact) mass is 239 g/mol. The average Bonchev–Trinajstić information content (AvgIpc) is 2.36. The fourth-order valence-electron chi connectivity index (χ4n) is 2.71. The summed E-state index contributed by atoms with van der Waals surface area (Å²) in [6.45, 7) is 5.49. The molecule has 2 unspecified atom stereocenters. The van der Waals surface area contributed by atoms with Crippen LogP contribution in [0.1, 0.15) is 36.8 Å². The van der Waals surface area contributed by atoms with E-state index in [2.05, 4.69) is 12.2 Å². The van der Waals surface area contributed by atoms with Gasteiger partial charge in [-0.15, -0.1) is 0 Å². The Balaban J connectivity index is 2.35. The summed E-state index contributed by atoms with van der Waals surface area (Å²) in [7, 11) is 0. The van der Waals surface area contributed by atoms with Gasteiger partial charge < -0.3 is 5.32 Å². The number of aryl methyl sites for hydroxylation is 1. The molecular weight excluding hydrogens is 220 g/mol. The van der Waals surface area contributed by atoms with Crippen LogP contribution in [0.15, 0.2) is 12.1 Å². The van der Waals surface area contributed by atoms with Crippen LogP contribution in [-0.4, -0.2) is 13.1 Å². The number of piperidine rings is 1. The van der Waals surface area contributed by atoms with Crippen LogP contribution in [0.2, 0.25) is 0 Å². The van der Waals surface area contributed by atoms with Gasteiger partial charge in [-0.25, -0.2) is 8.78 Å². The number of rotatable bonds is 2. The van der Waals surface area contributed by atoms with Crippen molar-refractivity contribution >= 4 is 0 Å². The molecule has 94 valence electrons. The number of hydrogen-bond acceptors (Lipinski definition) is 1. The van der Waals surface area contributed by atoms with Gasteiger partial charge in [0.05, 0.1) is 0 Å². The highest BCUT2D eigenvalue weighted by molar-refractivity contribution is 5.29. The van der Waals surface area contributed by atoms with Gasteiger partial charge in [-0.2, -0.15) is 0 Å². The quantitative estimate of drug-likeness (QED) is 0.834. The molecule has 1 fully saturated rings. The minimum absolute atomic E-state index is 0.149. The number of hydrogen-bond donors (Lipinski definition) is 1. The molecular formula is C14H19F2N. The summed E-state index contributed by atoms with van der Waals surface area (Å²) in [5.41, 5.74) is 0.940. The lowest BCUT2D eigenvalue weighted by Gasteiger charge is -2.32. The summed E-state index contributed by atoms with van der Waals surface area (Å²) in [6, 6.07) is 3.44. The minimum atomic E-state index is -0.684. The molecule has 0 spiro atoms. The Hall–Kier alpha value is -0.960. The van der Waals surface area contributed by atoms with Crippen LogP contribution >= 0.6 is 0 Å². The highest BCUT2D eigenvalue weighted by Gasteiger charge is 2.28. The van der Waals surface area contributed by atoms with Gasteiger partial charge in [0.25, 0.3) is 0 Å². The maximum atomic E-state index is 14.0. The fourth-order valence-corrected chi connectivity index (χ4v) is 2.71. The smallest absolute Gasteiger partial charge is 0.162 e. The highest BCUT2D eigenvalue weighted by atomic mass is 19.2. The van der Waals surface area contributed by atoms with Crippen LogP contribution in [0.25, 0.3) is 0 Å². The molecule has 1 aromatic carbocycles. The number of benzene rings is 1. The maximum absolute atomic E-state index is 14.0. The second-order valence-corrected chi connectivity index (χ2v) is 4.87. The zero-order valence-corrected chi connectivity index (χ0v) is 10.4. The first-order chi connectivity index (χ1) is 8.15. The van der Waals surface area contributed by atoms with Crippen molar-refractivity contribution in [2.24, 2.45) is 5.92 Å². The van der Waals surface area contributed by atoms with Gasteiger partial charge in [0.2, 0.25) is 0 Å². The van der Waals surface area contributed by atoms with E-state index < -0.39 is 11.6 Å². The van der Waals surface area contributed by atoms with Gasteiger partial charge in [0, 0.05) is 0 Å². The Morgan fingerprint density at radius 1 is 1.29 bits per heavy atom. The first-order valence-corrected chi connectivity index (χ1v) is 6.30. The molecule has 1 nitrogen and oxygen atoms in total. The van der Waals surface area contributed by atoms with Gasteiger partial charge in [0.1, 0.15) is 0 Å². The van der Waals surface area contributed by atoms with E-state index in [-0.39, 0.29) is 5.92 Å². The average molecular weight is 239 g/mol. The molecule has 1 heterocycles. The van der Waals surface area contributed by atoms with Crippen LogP contribution in [0.3, 0.4) is 0 Å². The van der Waals surface area contributed by atoms with Gasteiger partial charge in [0.15, 0.2) is 11.6 Å². The van der Waals surface area contributed by atoms with E-state index in [4.69, 9.17) is 0 Å². The van der Waals surface area contributed by atoms with Crippen molar-refractivity contribution in [1.82, 2.24) is 5.32 Å². The topological polar surface area (TPSA) is 12.0 Å². The van der Waals surface area contributed by atoms with Crippen LogP contribution in [0, 0.1) is 24.5 Å².